The van der Waals surface area contributed by atoms with Crippen LogP contribution in [0.15, 0.2) is 22.7 Å². The second-order valence-corrected chi connectivity index (χ2v) is 7.46. The second-order valence-electron chi connectivity index (χ2n) is 7.46. The summed E-state index contributed by atoms with van der Waals surface area (Å²) in [6.07, 6.45) is 3.75. The van der Waals surface area contributed by atoms with E-state index in [9.17, 15) is 0 Å². The lowest BCUT2D eigenvalue weighted by Gasteiger charge is -2.34. The Hall–Kier alpha value is -2.08. The van der Waals surface area contributed by atoms with Crippen LogP contribution in [-0.4, -0.2) is 36.9 Å². The van der Waals surface area contributed by atoms with Gasteiger partial charge < -0.3 is 19.3 Å². The van der Waals surface area contributed by atoms with Gasteiger partial charge in [0, 0.05) is 25.4 Å². The molecule has 3 rings (SSSR count). The minimum atomic E-state index is 0.379. The van der Waals surface area contributed by atoms with Crippen molar-refractivity contribution in [2.24, 2.45) is 5.41 Å². The Labute approximate surface area is 148 Å². The third-order valence-electron chi connectivity index (χ3n) is 4.78. The molecule has 0 aliphatic carbocycles. The van der Waals surface area contributed by atoms with Gasteiger partial charge in [-0.15, -0.1) is 0 Å². The summed E-state index contributed by atoms with van der Waals surface area (Å²) in [5.41, 5.74) is 1.44. The highest BCUT2D eigenvalue weighted by Gasteiger charge is 2.27. The van der Waals surface area contributed by atoms with E-state index in [1.165, 1.54) is 6.42 Å². The zero-order chi connectivity index (χ0) is 17.9. The summed E-state index contributed by atoms with van der Waals surface area (Å²) >= 11 is 0. The van der Waals surface area contributed by atoms with Crippen LogP contribution in [0.1, 0.15) is 44.0 Å². The van der Waals surface area contributed by atoms with Gasteiger partial charge in [-0.1, -0.05) is 25.1 Å². The first kappa shape index (κ1) is 17.7. The molecule has 1 atom stereocenters. The first-order valence-electron chi connectivity index (χ1n) is 8.75. The maximum atomic E-state index is 5.44. The van der Waals surface area contributed by atoms with Gasteiger partial charge in [0.25, 0.3) is 0 Å². The van der Waals surface area contributed by atoms with Crippen molar-refractivity contribution >= 4 is 0 Å². The van der Waals surface area contributed by atoms with Crippen LogP contribution in [0.25, 0.3) is 0 Å². The summed E-state index contributed by atoms with van der Waals surface area (Å²) in [5.74, 6) is 2.81. The van der Waals surface area contributed by atoms with Crippen molar-refractivity contribution in [3.05, 3.63) is 35.5 Å². The summed E-state index contributed by atoms with van der Waals surface area (Å²) in [4.78, 5) is 4.54. The van der Waals surface area contributed by atoms with Crippen LogP contribution in [0.4, 0.5) is 0 Å². The van der Waals surface area contributed by atoms with Gasteiger partial charge in [0.2, 0.25) is 5.89 Å². The number of ether oxygens (including phenoxy) is 2. The third-order valence-corrected chi connectivity index (χ3v) is 4.78. The van der Waals surface area contributed by atoms with Crippen LogP contribution in [0.2, 0.25) is 0 Å². The van der Waals surface area contributed by atoms with Gasteiger partial charge in [-0.2, -0.15) is 4.98 Å². The number of piperidine rings is 1. The van der Waals surface area contributed by atoms with Gasteiger partial charge in [-0.25, -0.2) is 0 Å². The Kier molecular flexibility index (Phi) is 5.27. The van der Waals surface area contributed by atoms with Crippen LogP contribution in [0.3, 0.4) is 0 Å². The lowest BCUT2D eigenvalue weighted by Crippen LogP contribution is -2.44. The molecule has 1 unspecified atom stereocenters. The average Bonchev–Trinajstić information content (AvgIpc) is 3.03. The molecule has 1 aliphatic rings. The summed E-state index contributed by atoms with van der Waals surface area (Å²) in [6, 6.07) is 6.24. The molecule has 1 aromatic heterocycles. The van der Waals surface area contributed by atoms with Gasteiger partial charge in [-0.05, 0) is 36.0 Å². The number of nitrogens with one attached hydrogen (secondary N) is 1. The second kappa shape index (κ2) is 7.44. The smallest absolute Gasteiger partial charge is 0.228 e. The van der Waals surface area contributed by atoms with E-state index < -0.39 is 0 Å². The Balaban J connectivity index is 1.60. The molecular weight excluding hydrogens is 318 g/mol. The van der Waals surface area contributed by atoms with Crippen molar-refractivity contribution in [3.63, 3.8) is 0 Å². The molecule has 0 bridgehead atoms. The molecule has 2 aromatic rings. The van der Waals surface area contributed by atoms with E-state index in [0.29, 0.717) is 41.1 Å². The fourth-order valence-corrected chi connectivity index (χ4v) is 3.18. The predicted molar refractivity (Wildman–Crippen MR) is 95.2 cm³/mol. The molecule has 136 valence electrons. The molecule has 1 fully saturated rings. The van der Waals surface area contributed by atoms with E-state index in [1.54, 1.807) is 14.2 Å². The lowest BCUT2D eigenvalue weighted by molar-refractivity contribution is 0.213. The molecule has 25 heavy (non-hydrogen) atoms. The fourth-order valence-electron chi connectivity index (χ4n) is 3.18. The van der Waals surface area contributed by atoms with E-state index in [1.807, 2.05) is 18.2 Å². The Morgan fingerprint density at radius 2 is 2.04 bits per heavy atom. The topological polar surface area (TPSA) is 69.4 Å². The molecule has 1 aromatic carbocycles. The van der Waals surface area contributed by atoms with E-state index >= 15 is 0 Å². The number of hydrogen-bond acceptors (Lipinski definition) is 6. The standard InChI is InChI=1S/C19H27N3O3/c1-19(2)8-7-14(20-12-19)11-18-21-17(22-25-18)10-13-5-6-15(23-3)16(9-13)24-4/h5-6,9,14,20H,7-8,10-12H2,1-4H3. The van der Waals surface area contributed by atoms with Gasteiger partial charge in [0.15, 0.2) is 17.3 Å². The molecule has 6 nitrogen and oxygen atoms in total. The van der Waals surface area contributed by atoms with E-state index in [-0.39, 0.29) is 0 Å². The Bertz CT molecular complexity index is 702. The largest absolute Gasteiger partial charge is 0.493 e. The number of hydrogen-bond donors (Lipinski definition) is 1. The maximum Gasteiger partial charge on any atom is 0.228 e. The third kappa shape index (κ3) is 4.51. The highest BCUT2D eigenvalue weighted by molar-refractivity contribution is 5.43. The SMILES string of the molecule is COc1ccc(Cc2noc(CC3CCC(C)(C)CN3)n2)cc1OC. The molecule has 2 heterocycles. The summed E-state index contributed by atoms with van der Waals surface area (Å²) in [6.45, 7) is 5.62. The predicted octanol–water partition coefficient (Wildman–Crippen LogP) is 3.00. The zero-order valence-corrected chi connectivity index (χ0v) is 15.5. The molecule has 1 aliphatic heterocycles. The molecule has 0 amide bonds. The Morgan fingerprint density at radius 3 is 2.72 bits per heavy atom. The van der Waals surface area contributed by atoms with E-state index in [2.05, 4.69) is 29.3 Å². The van der Waals surface area contributed by atoms with Gasteiger partial charge in [0.1, 0.15) is 0 Å². The monoisotopic (exact) mass is 345 g/mol. The normalized spacial score (nSPS) is 19.6. The first-order chi connectivity index (χ1) is 12.0. The molecule has 1 N–H and O–H groups in total. The van der Waals surface area contributed by atoms with Crippen molar-refractivity contribution in [1.82, 2.24) is 15.5 Å². The highest BCUT2D eigenvalue weighted by Crippen LogP contribution is 2.29. The number of nitrogens with zero attached hydrogens (tertiary/aromatic N) is 2. The minimum Gasteiger partial charge on any atom is -0.493 e. The quantitative estimate of drug-likeness (QED) is 0.868. The molecule has 1 saturated heterocycles. The molecular formula is C19H27N3O3. The maximum absolute atomic E-state index is 5.44. The summed E-state index contributed by atoms with van der Waals surface area (Å²) < 4.78 is 16.0. The first-order valence-corrected chi connectivity index (χ1v) is 8.75. The van der Waals surface area contributed by atoms with Crippen LogP contribution in [0, 0.1) is 5.41 Å². The number of benzene rings is 1. The van der Waals surface area contributed by atoms with Crippen LogP contribution in [-0.2, 0) is 12.8 Å². The molecule has 0 spiro atoms. The van der Waals surface area contributed by atoms with Crippen LogP contribution in [0.5, 0.6) is 11.5 Å². The van der Waals surface area contributed by atoms with Gasteiger partial charge in [-0.3, -0.25) is 0 Å². The minimum absolute atomic E-state index is 0.379. The molecule has 6 heteroatoms. The number of aromatic nitrogens is 2. The zero-order valence-electron chi connectivity index (χ0n) is 15.5. The van der Waals surface area contributed by atoms with Crippen LogP contribution >= 0.6 is 0 Å². The van der Waals surface area contributed by atoms with Crippen molar-refractivity contribution in [3.8, 4) is 11.5 Å². The molecule has 0 saturated carbocycles. The summed E-state index contributed by atoms with van der Waals surface area (Å²) in [7, 11) is 3.26. The van der Waals surface area contributed by atoms with Crippen molar-refractivity contribution in [2.75, 3.05) is 20.8 Å². The van der Waals surface area contributed by atoms with Crippen LogP contribution < -0.4 is 14.8 Å². The molecule has 0 radical (unpaired) electrons. The number of methoxy groups -OCH3 is 2. The lowest BCUT2D eigenvalue weighted by atomic mass is 9.82. The van der Waals surface area contributed by atoms with Gasteiger partial charge >= 0.3 is 0 Å². The van der Waals surface area contributed by atoms with Crippen molar-refractivity contribution in [2.45, 2.75) is 45.6 Å². The average molecular weight is 345 g/mol. The van der Waals surface area contributed by atoms with E-state index in [4.69, 9.17) is 14.0 Å². The number of rotatable bonds is 6. The highest BCUT2D eigenvalue weighted by atomic mass is 16.5. The van der Waals surface area contributed by atoms with E-state index in [0.717, 1.165) is 24.9 Å². The Morgan fingerprint density at radius 1 is 1.24 bits per heavy atom. The van der Waals surface area contributed by atoms with Crippen molar-refractivity contribution in [1.29, 1.82) is 0 Å². The van der Waals surface area contributed by atoms with Gasteiger partial charge in [0.05, 0.1) is 14.2 Å². The summed E-state index contributed by atoms with van der Waals surface area (Å²) in [5, 5.41) is 7.70. The van der Waals surface area contributed by atoms with Crippen molar-refractivity contribution < 1.29 is 14.0 Å². The fraction of sp³-hybridized carbons (Fsp3) is 0.579.